The van der Waals surface area contributed by atoms with E-state index in [4.69, 9.17) is 4.74 Å². The van der Waals surface area contributed by atoms with Gasteiger partial charge in [0.2, 0.25) is 0 Å². The number of unbranched alkanes of at least 4 members (excludes halogenated alkanes) is 1. The average Bonchev–Trinajstić information content (AvgIpc) is 2.70. The van der Waals surface area contributed by atoms with Crippen LogP contribution in [0, 0.1) is 0 Å². The molecule has 2 aromatic rings. The van der Waals surface area contributed by atoms with Crippen LogP contribution in [0.15, 0.2) is 66.7 Å². The first-order chi connectivity index (χ1) is 12.6. The van der Waals surface area contributed by atoms with Crippen LogP contribution >= 0.6 is 0 Å². The van der Waals surface area contributed by atoms with Crippen LogP contribution in [0.2, 0.25) is 0 Å². The van der Waals surface area contributed by atoms with Crippen LogP contribution in [0.25, 0.3) is 0 Å². The molecule has 1 N–H and O–H groups in total. The highest BCUT2D eigenvalue weighted by atomic mass is 16.5. The van der Waals surface area contributed by atoms with Crippen LogP contribution in [0.4, 0.5) is 0 Å². The predicted octanol–water partition coefficient (Wildman–Crippen LogP) is 5.87. The molecular weight excluding hydrogens is 320 g/mol. The number of allylic oxidation sites excluding steroid dienone is 2. The summed E-state index contributed by atoms with van der Waals surface area (Å²) in [5.41, 5.74) is 2.50. The number of methoxy groups -OCH3 is 1. The van der Waals surface area contributed by atoms with Gasteiger partial charge < -0.3 is 9.84 Å². The van der Waals surface area contributed by atoms with E-state index >= 15 is 0 Å². The summed E-state index contributed by atoms with van der Waals surface area (Å²) in [6, 6.07) is 18.7. The van der Waals surface area contributed by atoms with Gasteiger partial charge in [-0.05, 0) is 36.1 Å². The van der Waals surface area contributed by atoms with Crippen molar-refractivity contribution in [2.75, 3.05) is 13.7 Å². The summed E-state index contributed by atoms with van der Waals surface area (Å²) in [4.78, 5) is 0. The fraction of sp³-hybridized carbons (Fsp3) is 0.417. The Morgan fingerprint density at radius 3 is 2.35 bits per heavy atom. The molecule has 0 bridgehead atoms. The van der Waals surface area contributed by atoms with Gasteiger partial charge >= 0.3 is 0 Å². The number of aliphatic hydroxyl groups excluding tert-OH is 1. The van der Waals surface area contributed by atoms with E-state index < -0.39 is 0 Å². The standard InChI is InChI=1S/C24H32O2/c1-4-5-17-24(2,22-13-15-23(26-3)16-14-22)18-9-12-21(19-25)20-10-7-6-8-11-20/h6-11,13-16,18,21,25H,4-5,12,17,19H2,1-3H3/b18-9+/t21-,24-/m1/s1. The molecule has 26 heavy (non-hydrogen) atoms. The molecule has 0 unspecified atom stereocenters. The Kier molecular flexibility index (Phi) is 7.93. The molecule has 0 saturated heterocycles. The monoisotopic (exact) mass is 352 g/mol. The molecule has 2 nitrogen and oxygen atoms in total. The lowest BCUT2D eigenvalue weighted by molar-refractivity contribution is 0.265. The first kappa shape index (κ1) is 20.3. The highest BCUT2D eigenvalue weighted by Gasteiger charge is 2.23. The van der Waals surface area contributed by atoms with Crippen molar-refractivity contribution in [3.05, 3.63) is 77.9 Å². The molecule has 0 spiro atoms. The Balaban J connectivity index is 2.16. The topological polar surface area (TPSA) is 29.5 Å². The van der Waals surface area contributed by atoms with Crippen molar-refractivity contribution in [2.24, 2.45) is 0 Å². The summed E-state index contributed by atoms with van der Waals surface area (Å²) in [6.07, 6.45) is 8.90. The van der Waals surface area contributed by atoms with E-state index in [-0.39, 0.29) is 17.9 Å². The van der Waals surface area contributed by atoms with Crippen molar-refractivity contribution >= 4 is 0 Å². The van der Waals surface area contributed by atoms with Gasteiger partial charge in [0.05, 0.1) is 13.7 Å². The third-order valence-corrected chi connectivity index (χ3v) is 5.20. The van der Waals surface area contributed by atoms with Gasteiger partial charge in [0.25, 0.3) is 0 Å². The number of ether oxygens (including phenoxy) is 1. The summed E-state index contributed by atoms with van der Waals surface area (Å²) in [5, 5.41) is 9.78. The first-order valence-electron chi connectivity index (χ1n) is 9.61. The minimum absolute atomic E-state index is 0.00102. The molecule has 2 rings (SSSR count). The third-order valence-electron chi connectivity index (χ3n) is 5.20. The van der Waals surface area contributed by atoms with Crippen molar-refractivity contribution in [2.45, 2.75) is 50.9 Å². The summed E-state index contributed by atoms with van der Waals surface area (Å²) in [5.74, 6) is 1.04. The van der Waals surface area contributed by atoms with E-state index in [1.54, 1.807) is 7.11 Å². The maximum atomic E-state index is 9.78. The van der Waals surface area contributed by atoms with Crippen LogP contribution in [0.1, 0.15) is 56.6 Å². The molecule has 0 saturated carbocycles. The maximum absolute atomic E-state index is 9.78. The molecule has 0 heterocycles. The molecule has 2 heteroatoms. The number of rotatable bonds is 10. The fourth-order valence-electron chi connectivity index (χ4n) is 3.37. The molecule has 2 atom stereocenters. The first-order valence-corrected chi connectivity index (χ1v) is 9.61. The quantitative estimate of drug-likeness (QED) is 0.542. The molecule has 140 valence electrons. The normalized spacial score (nSPS) is 14.9. The average molecular weight is 353 g/mol. The predicted molar refractivity (Wildman–Crippen MR) is 110 cm³/mol. The number of benzene rings is 2. The minimum Gasteiger partial charge on any atom is -0.497 e. The zero-order valence-corrected chi connectivity index (χ0v) is 16.3. The largest absolute Gasteiger partial charge is 0.497 e. The van der Waals surface area contributed by atoms with E-state index in [0.29, 0.717) is 0 Å². The summed E-state index contributed by atoms with van der Waals surface area (Å²) >= 11 is 0. The van der Waals surface area contributed by atoms with Crippen LogP contribution in [-0.2, 0) is 5.41 Å². The molecule has 0 radical (unpaired) electrons. The molecule has 0 aliphatic rings. The number of aliphatic hydroxyl groups is 1. The molecular formula is C24H32O2. The summed E-state index contributed by atoms with van der Waals surface area (Å²) in [6.45, 7) is 4.70. The van der Waals surface area contributed by atoms with Crippen molar-refractivity contribution in [1.82, 2.24) is 0 Å². The van der Waals surface area contributed by atoms with Gasteiger partial charge in [-0.3, -0.25) is 0 Å². The van der Waals surface area contributed by atoms with E-state index in [0.717, 1.165) is 18.6 Å². The molecule has 0 fully saturated rings. The van der Waals surface area contributed by atoms with E-state index in [1.807, 2.05) is 30.3 Å². The van der Waals surface area contributed by atoms with Gasteiger partial charge in [0.1, 0.15) is 5.75 Å². The van der Waals surface area contributed by atoms with Gasteiger partial charge in [-0.15, -0.1) is 0 Å². The summed E-state index contributed by atoms with van der Waals surface area (Å²) in [7, 11) is 1.70. The highest BCUT2D eigenvalue weighted by molar-refractivity contribution is 5.35. The van der Waals surface area contributed by atoms with E-state index in [9.17, 15) is 5.11 Å². The zero-order chi connectivity index (χ0) is 18.8. The lowest BCUT2D eigenvalue weighted by atomic mass is 9.77. The van der Waals surface area contributed by atoms with Gasteiger partial charge in [-0.25, -0.2) is 0 Å². The summed E-state index contributed by atoms with van der Waals surface area (Å²) < 4.78 is 5.29. The Labute approximate surface area is 158 Å². The second-order valence-electron chi connectivity index (χ2n) is 7.18. The van der Waals surface area contributed by atoms with Crippen LogP contribution < -0.4 is 4.74 Å². The van der Waals surface area contributed by atoms with Gasteiger partial charge in [-0.2, -0.15) is 0 Å². The van der Waals surface area contributed by atoms with Gasteiger partial charge in [0, 0.05) is 11.3 Å². The zero-order valence-electron chi connectivity index (χ0n) is 16.3. The maximum Gasteiger partial charge on any atom is 0.118 e. The van der Waals surface area contributed by atoms with Crippen molar-refractivity contribution in [1.29, 1.82) is 0 Å². The van der Waals surface area contributed by atoms with Crippen LogP contribution in [0.3, 0.4) is 0 Å². The van der Waals surface area contributed by atoms with E-state index in [1.165, 1.54) is 24.0 Å². The Morgan fingerprint density at radius 2 is 1.77 bits per heavy atom. The molecule has 0 aliphatic carbocycles. The van der Waals surface area contributed by atoms with Crippen molar-refractivity contribution in [3.8, 4) is 5.75 Å². The molecule has 0 amide bonds. The number of hydrogen-bond donors (Lipinski definition) is 1. The number of hydrogen-bond acceptors (Lipinski definition) is 2. The highest BCUT2D eigenvalue weighted by Crippen LogP contribution is 2.33. The lowest BCUT2D eigenvalue weighted by Crippen LogP contribution is -2.19. The van der Waals surface area contributed by atoms with Crippen LogP contribution in [-0.4, -0.2) is 18.8 Å². The van der Waals surface area contributed by atoms with Crippen LogP contribution in [0.5, 0.6) is 5.75 Å². The molecule has 0 aromatic heterocycles. The smallest absolute Gasteiger partial charge is 0.118 e. The second-order valence-corrected chi connectivity index (χ2v) is 7.18. The van der Waals surface area contributed by atoms with E-state index in [2.05, 4.69) is 50.3 Å². The Morgan fingerprint density at radius 1 is 1.08 bits per heavy atom. The Bertz CT molecular complexity index is 660. The van der Waals surface area contributed by atoms with Gasteiger partial charge in [0.15, 0.2) is 0 Å². The van der Waals surface area contributed by atoms with Crippen molar-refractivity contribution in [3.63, 3.8) is 0 Å². The molecule has 2 aromatic carbocycles. The Hall–Kier alpha value is -2.06. The third kappa shape index (κ3) is 5.47. The van der Waals surface area contributed by atoms with Crippen molar-refractivity contribution < 1.29 is 9.84 Å². The fourth-order valence-corrected chi connectivity index (χ4v) is 3.37. The molecule has 0 aliphatic heterocycles. The van der Waals surface area contributed by atoms with Gasteiger partial charge in [-0.1, -0.05) is 81.3 Å². The lowest BCUT2D eigenvalue weighted by Gasteiger charge is -2.27. The second kappa shape index (κ2) is 10.2. The SMILES string of the molecule is CCCC[C@](C)(/C=C/C[C@H](CO)c1ccccc1)c1ccc(OC)cc1. The minimum atomic E-state index is -0.00102.